The van der Waals surface area contributed by atoms with Gasteiger partial charge in [0, 0.05) is 54.5 Å². The fraction of sp³-hybridized carbons (Fsp3) is 0.333. The molecule has 178 valence electrons. The maximum atomic E-state index is 13.1. The number of benzene rings is 2. The van der Waals surface area contributed by atoms with E-state index in [4.69, 9.17) is 5.26 Å². The van der Waals surface area contributed by atoms with Crippen LogP contribution < -0.4 is 5.32 Å². The van der Waals surface area contributed by atoms with E-state index >= 15 is 0 Å². The van der Waals surface area contributed by atoms with Crippen molar-refractivity contribution in [1.29, 1.82) is 5.26 Å². The van der Waals surface area contributed by atoms with E-state index in [1.54, 1.807) is 35.6 Å². The smallest absolute Gasteiger partial charge is 0.257 e. The van der Waals surface area contributed by atoms with Crippen molar-refractivity contribution in [3.63, 3.8) is 0 Å². The lowest BCUT2D eigenvalue weighted by Gasteiger charge is -2.33. The van der Waals surface area contributed by atoms with Gasteiger partial charge in [-0.25, -0.2) is 4.98 Å². The summed E-state index contributed by atoms with van der Waals surface area (Å²) in [6.07, 6.45) is 2.76. The Labute approximate surface area is 209 Å². The topological polar surface area (TPSA) is 89.3 Å². The molecular weight excluding hydrogens is 458 g/mol. The molecule has 1 fully saturated rings. The SMILES string of the molecule is CN1CCc2nc(NC(=O)c3cccc(C4CCCN(C(=O)c5cccc(C#N)c5)C4)c3)sc2C1. The predicted molar refractivity (Wildman–Crippen MR) is 136 cm³/mol. The quantitative estimate of drug-likeness (QED) is 0.596. The number of amides is 2. The Morgan fingerprint density at radius 1 is 1.14 bits per heavy atom. The van der Waals surface area contributed by atoms with Crippen LogP contribution in [0, 0.1) is 11.3 Å². The van der Waals surface area contributed by atoms with Crippen molar-refractivity contribution in [3.05, 3.63) is 81.4 Å². The highest BCUT2D eigenvalue weighted by atomic mass is 32.1. The molecule has 8 heteroatoms. The van der Waals surface area contributed by atoms with E-state index in [9.17, 15) is 9.59 Å². The van der Waals surface area contributed by atoms with Gasteiger partial charge in [0.1, 0.15) is 0 Å². The average Bonchev–Trinajstić information content (AvgIpc) is 3.29. The number of carbonyl (C=O) groups is 2. The molecule has 2 aliphatic heterocycles. The molecule has 0 saturated carbocycles. The molecule has 7 nitrogen and oxygen atoms in total. The van der Waals surface area contributed by atoms with Gasteiger partial charge in [-0.1, -0.05) is 18.2 Å². The van der Waals surface area contributed by atoms with Gasteiger partial charge in [0.25, 0.3) is 11.8 Å². The maximum absolute atomic E-state index is 13.1. The summed E-state index contributed by atoms with van der Waals surface area (Å²) in [6.45, 7) is 3.14. The third-order valence-corrected chi connectivity index (χ3v) is 7.71. The second-order valence-electron chi connectivity index (χ2n) is 9.24. The summed E-state index contributed by atoms with van der Waals surface area (Å²) in [6, 6.07) is 16.6. The second-order valence-corrected chi connectivity index (χ2v) is 10.3. The number of hydrogen-bond acceptors (Lipinski definition) is 6. The number of hydrogen-bond donors (Lipinski definition) is 1. The zero-order valence-electron chi connectivity index (χ0n) is 19.7. The Kier molecular flexibility index (Phi) is 6.62. The Morgan fingerprint density at radius 2 is 1.97 bits per heavy atom. The van der Waals surface area contributed by atoms with Crippen LogP contribution in [0.15, 0.2) is 48.5 Å². The van der Waals surface area contributed by atoms with Crippen LogP contribution in [0.4, 0.5) is 5.13 Å². The van der Waals surface area contributed by atoms with Gasteiger partial charge in [-0.15, -0.1) is 11.3 Å². The van der Waals surface area contributed by atoms with Crippen LogP contribution in [-0.2, 0) is 13.0 Å². The predicted octanol–water partition coefficient (Wildman–Crippen LogP) is 4.27. The van der Waals surface area contributed by atoms with Crippen molar-refractivity contribution in [2.45, 2.75) is 31.7 Å². The standard InChI is InChI=1S/C27H27N5O2S/c1-31-12-10-23-24(17-31)35-27(29-23)30-25(33)20-7-3-6-19(14-20)22-9-4-11-32(16-22)26(34)21-8-2-5-18(13-21)15-28/h2-3,5-8,13-14,22H,4,9-12,16-17H2,1H3,(H,29,30,33). The molecule has 1 saturated heterocycles. The number of fused-ring (bicyclic) bond motifs is 1. The first-order valence-corrected chi connectivity index (χ1v) is 12.7. The molecule has 2 aliphatic rings. The minimum atomic E-state index is -0.164. The summed E-state index contributed by atoms with van der Waals surface area (Å²) in [5, 5.41) is 12.8. The normalized spacial score (nSPS) is 17.9. The molecule has 2 amide bonds. The van der Waals surface area contributed by atoms with E-state index in [2.05, 4.69) is 28.3 Å². The van der Waals surface area contributed by atoms with Gasteiger partial charge in [0.2, 0.25) is 0 Å². The highest BCUT2D eigenvalue weighted by Gasteiger charge is 2.26. The van der Waals surface area contributed by atoms with Gasteiger partial charge in [0.05, 0.1) is 17.3 Å². The Morgan fingerprint density at radius 3 is 2.83 bits per heavy atom. The molecule has 3 aromatic rings. The first kappa shape index (κ1) is 23.2. The molecule has 0 bridgehead atoms. The molecular formula is C27H27N5O2S. The van der Waals surface area contributed by atoms with Gasteiger partial charge < -0.3 is 9.80 Å². The Bertz CT molecular complexity index is 1310. The molecule has 3 heterocycles. The van der Waals surface area contributed by atoms with E-state index in [0.717, 1.165) is 43.6 Å². The lowest BCUT2D eigenvalue weighted by molar-refractivity contribution is 0.0706. The van der Waals surface area contributed by atoms with Gasteiger partial charge in [-0.05, 0) is 55.8 Å². The van der Waals surface area contributed by atoms with E-state index in [-0.39, 0.29) is 17.7 Å². The van der Waals surface area contributed by atoms with Gasteiger partial charge >= 0.3 is 0 Å². The number of nitrogens with zero attached hydrogens (tertiary/aromatic N) is 4. The number of carbonyl (C=O) groups excluding carboxylic acids is 2. The van der Waals surface area contributed by atoms with Crippen LogP contribution in [0.5, 0.6) is 0 Å². The molecule has 1 N–H and O–H groups in total. The molecule has 35 heavy (non-hydrogen) atoms. The van der Waals surface area contributed by atoms with Crippen molar-refractivity contribution in [1.82, 2.24) is 14.8 Å². The lowest BCUT2D eigenvalue weighted by Crippen LogP contribution is -2.39. The van der Waals surface area contributed by atoms with E-state index < -0.39 is 0 Å². The molecule has 0 aliphatic carbocycles. The van der Waals surface area contributed by atoms with Crippen LogP contribution in [0.2, 0.25) is 0 Å². The van der Waals surface area contributed by atoms with Crippen molar-refractivity contribution < 1.29 is 9.59 Å². The zero-order chi connectivity index (χ0) is 24.4. The summed E-state index contributed by atoms with van der Waals surface area (Å²) in [7, 11) is 2.09. The number of nitriles is 1. The van der Waals surface area contributed by atoms with Crippen LogP contribution in [0.3, 0.4) is 0 Å². The number of aromatic nitrogens is 1. The fourth-order valence-corrected chi connectivity index (χ4v) is 5.90. The van der Waals surface area contributed by atoms with E-state index in [1.807, 2.05) is 29.2 Å². The van der Waals surface area contributed by atoms with Crippen molar-refractivity contribution in [3.8, 4) is 6.07 Å². The lowest BCUT2D eigenvalue weighted by atomic mass is 9.89. The molecule has 2 aromatic carbocycles. The summed E-state index contributed by atoms with van der Waals surface area (Å²) >= 11 is 1.55. The molecule has 0 radical (unpaired) electrons. The van der Waals surface area contributed by atoms with E-state index in [0.29, 0.717) is 34.9 Å². The van der Waals surface area contributed by atoms with Gasteiger partial charge in [-0.2, -0.15) is 5.26 Å². The van der Waals surface area contributed by atoms with Crippen LogP contribution in [-0.4, -0.2) is 53.3 Å². The first-order chi connectivity index (χ1) is 17.0. The second kappa shape index (κ2) is 9.98. The molecule has 1 aromatic heterocycles. The number of anilines is 1. The van der Waals surface area contributed by atoms with Crippen LogP contribution in [0.25, 0.3) is 0 Å². The van der Waals surface area contributed by atoms with Gasteiger partial charge in [0.15, 0.2) is 5.13 Å². The first-order valence-electron chi connectivity index (χ1n) is 11.9. The summed E-state index contributed by atoms with van der Waals surface area (Å²) in [4.78, 5) is 36.0. The molecule has 1 atom stereocenters. The minimum Gasteiger partial charge on any atom is -0.338 e. The minimum absolute atomic E-state index is 0.0564. The molecule has 0 spiro atoms. The van der Waals surface area contributed by atoms with E-state index in [1.165, 1.54) is 4.88 Å². The van der Waals surface area contributed by atoms with Crippen molar-refractivity contribution in [2.75, 3.05) is 32.0 Å². The van der Waals surface area contributed by atoms with Crippen LogP contribution >= 0.6 is 11.3 Å². The molecule has 1 unspecified atom stereocenters. The molecule has 5 rings (SSSR count). The highest BCUT2D eigenvalue weighted by molar-refractivity contribution is 7.15. The summed E-state index contributed by atoms with van der Waals surface area (Å²) < 4.78 is 0. The summed E-state index contributed by atoms with van der Waals surface area (Å²) in [5.74, 6) is -0.0650. The fourth-order valence-electron chi connectivity index (χ4n) is 4.82. The Balaban J connectivity index is 1.28. The largest absolute Gasteiger partial charge is 0.338 e. The van der Waals surface area contributed by atoms with Crippen LogP contribution in [0.1, 0.15) is 61.2 Å². The highest BCUT2D eigenvalue weighted by Crippen LogP contribution is 2.30. The maximum Gasteiger partial charge on any atom is 0.257 e. The Hall–Kier alpha value is -3.54. The number of piperidine rings is 1. The van der Waals surface area contributed by atoms with Crippen molar-refractivity contribution >= 4 is 28.3 Å². The average molecular weight is 486 g/mol. The number of nitrogens with one attached hydrogen (secondary N) is 1. The van der Waals surface area contributed by atoms with Crippen molar-refractivity contribution in [2.24, 2.45) is 0 Å². The number of thiazole rings is 1. The number of rotatable bonds is 4. The number of likely N-dealkylation sites (N-methyl/N-ethyl adjacent to an activating group) is 1. The van der Waals surface area contributed by atoms with Gasteiger partial charge in [-0.3, -0.25) is 14.9 Å². The monoisotopic (exact) mass is 485 g/mol. The summed E-state index contributed by atoms with van der Waals surface area (Å²) in [5.41, 5.74) is 3.76. The third kappa shape index (κ3) is 5.11. The third-order valence-electron chi connectivity index (χ3n) is 6.71. The zero-order valence-corrected chi connectivity index (χ0v) is 20.5. The number of likely N-dealkylation sites (tertiary alicyclic amines) is 1.